The van der Waals surface area contributed by atoms with Crippen LogP contribution in [0.5, 0.6) is 0 Å². The molecule has 0 spiro atoms. The minimum absolute atomic E-state index is 0.0998. The van der Waals surface area contributed by atoms with Gasteiger partial charge < -0.3 is 10.6 Å². The van der Waals surface area contributed by atoms with Crippen molar-refractivity contribution < 1.29 is 4.79 Å². The van der Waals surface area contributed by atoms with Crippen LogP contribution in [0.1, 0.15) is 48.5 Å². The number of nitrogen functional groups attached to an aromatic ring is 1. The zero-order chi connectivity index (χ0) is 13.1. The van der Waals surface area contributed by atoms with Gasteiger partial charge >= 0.3 is 0 Å². The standard InChI is InChI=1S/C15H22N2O/c1-3-12-6-4-5-9-17(12)15(18)13-10-11(2)7-8-14(13)16/h7-8,10,12H,3-6,9,16H2,1-2H3. The van der Waals surface area contributed by atoms with Crippen LogP contribution in [0.4, 0.5) is 5.69 Å². The van der Waals surface area contributed by atoms with Gasteiger partial charge in [-0.05, 0) is 44.7 Å². The molecule has 1 fully saturated rings. The Hall–Kier alpha value is -1.51. The number of piperidine rings is 1. The zero-order valence-corrected chi connectivity index (χ0v) is 11.3. The van der Waals surface area contributed by atoms with Crippen LogP contribution in [-0.2, 0) is 0 Å². The van der Waals surface area contributed by atoms with Crippen LogP contribution in [0.15, 0.2) is 18.2 Å². The number of anilines is 1. The van der Waals surface area contributed by atoms with Gasteiger partial charge in [-0.25, -0.2) is 0 Å². The molecule has 0 aromatic heterocycles. The Bertz CT molecular complexity index is 442. The smallest absolute Gasteiger partial charge is 0.256 e. The van der Waals surface area contributed by atoms with Gasteiger partial charge in [0.2, 0.25) is 0 Å². The lowest BCUT2D eigenvalue weighted by Gasteiger charge is -2.35. The van der Waals surface area contributed by atoms with E-state index in [0.717, 1.165) is 31.4 Å². The van der Waals surface area contributed by atoms with E-state index >= 15 is 0 Å². The first-order valence-electron chi connectivity index (χ1n) is 6.80. The summed E-state index contributed by atoms with van der Waals surface area (Å²) in [5, 5.41) is 0. The molecule has 0 aliphatic carbocycles. The number of hydrogen-bond donors (Lipinski definition) is 1. The minimum Gasteiger partial charge on any atom is -0.398 e. The lowest BCUT2D eigenvalue weighted by molar-refractivity contribution is 0.0609. The number of hydrogen-bond acceptors (Lipinski definition) is 2. The summed E-state index contributed by atoms with van der Waals surface area (Å²) < 4.78 is 0. The van der Waals surface area contributed by atoms with Crippen molar-refractivity contribution in [3.05, 3.63) is 29.3 Å². The van der Waals surface area contributed by atoms with Crippen LogP contribution in [0.25, 0.3) is 0 Å². The van der Waals surface area contributed by atoms with E-state index in [2.05, 4.69) is 6.92 Å². The third kappa shape index (κ3) is 2.50. The number of rotatable bonds is 2. The molecule has 3 nitrogen and oxygen atoms in total. The van der Waals surface area contributed by atoms with Crippen LogP contribution in [0, 0.1) is 6.92 Å². The summed E-state index contributed by atoms with van der Waals surface area (Å²) in [6, 6.07) is 6.05. The van der Waals surface area contributed by atoms with E-state index in [4.69, 9.17) is 5.73 Å². The van der Waals surface area contributed by atoms with Crippen molar-refractivity contribution in [3.63, 3.8) is 0 Å². The molecule has 3 heteroatoms. The van der Waals surface area contributed by atoms with Crippen molar-refractivity contribution in [1.29, 1.82) is 0 Å². The molecule has 1 aliphatic rings. The van der Waals surface area contributed by atoms with Gasteiger partial charge in [0.25, 0.3) is 5.91 Å². The molecule has 1 atom stereocenters. The number of carbonyl (C=O) groups is 1. The quantitative estimate of drug-likeness (QED) is 0.815. The molecule has 2 rings (SSSR count). The van der Waals surface area contributed by atoms with E-state index in [1.165, 1.54) is 6.42 Å². The molecule has 1 heterocycles. The molecule has 2 N–H and O–H groups in total. The molecule has 0 bridgehead atoms. The fourth-order valence-corrected chi connectivity index (χ4v) is 2.70. The van der Waals surface area contributed by atoms with E-state index in [1.54, 1.807) is 0 Å². The Labute approximate surface area is 109 Å². The molecule has 1 saturated heterocycles. The van der Waals surface area contributed by atoms with Gasteiger partial charge in [0.1, 0.15) is 0 Å². The SMILES string of the molecule is CCC1CCCCN1C(=O)c1cc(C)ccc1N. The van der Waals surface area contributed by atoms with Gasteiger partial charge in [0.15, 0.2) is 0 Å². The van der Waals surface area contributed by atoms with E-state index in [-0.39, 0.29) is 5.91 Å². The minimum atomic E-state index is 0.0998. The monoisotopic (exact) mass is 246 g/mol. The molecular weight excluding hydrogens is 224 g/mol. The highest BCUT2D eigenvalue weighted by Gasteiger charge is 2.27. The first-order chi connectivity index (χ1) is 8.63. The predicted molar refractivity (Wildman–Crippen MR) is 74.6 cm³/mol. The van der Waals surface area contributed by atoms with Gasteiger partial charge in [-0.2, -0.15) is 0 Å². The van der Waals surface area contributed by atoms with E-state index in [0.29, 0.717) is 17.3 Å². The first-order valence-corrected chi connectivity index (χ1v) is 6.80. The summed E-state index contributed by atoms with van der Waals surface area (Å²) >= 11 is 0. The Morgan fingerprint density at radius 3 is 2.94 bits per heavy atom. The molecular formula is C15H22N2O. The summed E-state index contributed by atoms with van der Waals surface area (Å²) in [5.41, 5.74) is 8.27. The molecule has 0 saturated carbocycles. The first kappa shape index (κ1) is 12.9. The Kier molecular flexibility index (Phi) is 3.90. The number of carbonyl (C=O) groups excluding carboxylic acids is 1. The van der Waals surface area contributed by atoms with E-state index in [9.17, 15) is 4.79 Å². The van der Waals surface area contributed by atoms with Gasteiger partial charge in [-0.15, -0.1) is 0 Å². The maximum absolute atomic E-state index is 12.6. The number of aryl methyl sites for hydroxylation is 1. The number of likely N-dealkylation sites (tertiary alicyclic amines) is 1. The molecule has 1 unspecified atom stereocenters. The summed E-state index contributed by atoms with van der Waals surface area (Å²) in [6.45, 7) is 5.00. The third-order valence-electron chi connectivity index (χ3n) is 3.80. The normalized spacial score (nSPS) is 19.9. The van der Waals surface area contributed by atoms with Crippen molar-refractivity contribution in [1.82, 2.24) is 4.90 Å². The largest absolute Gasteiger partial charge is 0.398 e. The molecule has 0 radical (unpaired) electrons. The average Bonchev–Trinajstić information content (AvgIpc) is 2.40. The second kappa shape index (κ2) is 5.42. The van der Waals surface area contributed by atoms with Gasteiger partial charge in [0, 0.05) is 18.3 Å². The van der Waals surface area contributed by atoms with E-state index < -0.39 is 0 Å². The number of amides is 1. The highest BCUT2D eigenvalue weighted by Crippen LogP contribution is 2.24. The van der Waals surface area contributed by atoms with Crippen LogP contribution >= 0.6 is 0 Å². The van der Waals surface area contributed by atoms with Crippen molar-refractivity contribution in [2.24, 2.45) is 0 Å². The maximum atomic E-state index is 12.6. The molecule has 1 aliphatic heterocycles. The fourth-order valence-electron chi connectivity index (χ4n) is 2.70. The van der Waals surface area contributed by atoms with Gasteiger partial charge in [-0.1, -0.05) is 18.6 Å². The summed E-state index contributed by atoms with van der Waals surface area (Å²) in [7, 11) is 0. The summed E-state index contributed by atoms with van der Waals surface area (Å²) in [5.74, 6) is 0.0998. The van der Waals surface area contributed by atoms with E-state index in [1.807, 2.05) is 30.0 Å². The third-order valence-corrected chi connectivity index (χ3v) is 3.80. The van der Waals surface area contributed by atoms with Crippen molar-refractivity contribution in [3.8, 4) is 0 Å². The summed E-state index contributed by atoms with van der Waals surface area (Å²) in [6.07, 6.45) is 4.48. The lowest BCUT2D eigenvalue weighted by atomic mass is 9.98. The van der Waals surface area contributed by atoms with Gasteiger partial charge in [-0.3, -0.25) is 4.79 Å². The van der Waals surface area contributed by atoms with Crippen LogP contribution in [0.2, 0.25) is 0 Å². The topological polar surface area (TPSA) is 46.3 Å². The second-order valence-corrected chi connectivity index (χ2v) is 5.15. The molecule has 18 heavy (non-hydrogen) atoms. The van der Waals surface area contributed by atoms with Crippen LogP contribution < -0.4 is 5.73 Å². The van der Waals surface area contributed by atoms with Crippen LogP contribution in [0.3, 0.4) is 0 Å². The molecule has 98 valence electrons. The number of nitrogens with zero attached hydrogens (tertiary/aromatic N) is 1. The van der Waals surface area contributed by atoms with Crippen molar-refractivity contribution in [2.45, 2.75) is 45.6 Å². The molecule has 1 amide bonds. The maximum Gasteiger partial charge on any atom is 0.256 e. The Morgan fingerprint density at radius 2 is 2.22 bits per heavy atom. The Morgan fingerprint density at radius 1 is 1.44 bits per heavy atom. The fraction of sp³-hybridized carbons (Fsp3) is 0.533. The van der Waals surface area contributed by atoms with Crippen molar-refractivity contribution >= 4 is 11.6 Å². The number of nitrogens with two attached hydrogens (primary N) is 1. The Balaban J connectivity index is 2.26. The average molecular weight is 246 g/mol. The van der Waals surface area contributed by atoms with Gasteiger partial charge in [0.05, 0.1) is 5.56 Å². The second-order valence-electron chi connectivity index (χ2n) is 5.15. The zero-order valence-electron chi connectivity index (χ0n) is 11.3. The highest BCUT2D eigenvalue weighted by molar-refractivity contribution is 5.99. The molecule has 1 aromatic carbocycles. The lowest BCUT2D eigenvalue weighted by Crippen LogP contribution is -2.43. The number of benzene rings is 1. The summed E-state index contributed by atoms with van der Waals surface area (Å²) in [4.78, 5) is 14.6. The van der Waals surface area contributed by atoms with Crippen molar-refractivity contribution in [2.75, 3.05) is 12.3 Å². The van der Waals surface area contributed by atoms with Crippen LogP contribution in [-0.4, -0.2) is 23.4 Å². The molecule has 1 aromatic rings. The highest BCUT2D eigenvalue weighted by atomic mass is 16.2. The predicted octanol–water partition coefficient (Wildman–Crippen LogP) is 2.98.